The molecule has 0 aliphatic rings. The second kappa shape index (κ2) is 6.73. The van der Waals surface area contributed by atoms with Gasteiger partial charge in [-0.2, -0.15) is 0 Å². The third-order valence-electron chi connectivity index (χ3n) is 3.44. The molecule has 1 heterocycles. The van der Waals surface area contributed by atoms with Crippen LogP contribution in [0, 0.1) is 20.2 Å². The van der Waals surface area contributed by atoms with Gasteiger partial charge in [-0.15, -0.1) is 0 Å². The van der Waals surface area contributed by atoms with Gasteiger partial charge in [0.1, 0.15) is 5.75 Å². The van der Waals surface area contributed by atoms with E-state index < -0.39 is 22.4 Å². The summed E-state index contributed by atoms with van der Waals surface area (Å²) in [6.07, 6.45) is 1.73. The highest BCUT2D eigenvalue weighted by Gasteiger charge is 2.24. The largest absolute Gasteiger partial charge is 0.496 e. The van der Waals surface area contributed by atoms with Gasteiger partial charge in [0, 0.05) is 33.4 Å². The summed E-state index contributed by atoms with van der Waals surface area (Å²) in [6, 6.07) is 2.63. The second-order valence-corrected chi connectivity index (χ2v) is 5.69. The average molecular weight is 372 g/mol. The Kier molecular flexibility index (Phi) is 4.96. The third kappa shape index (κ3) is 3.53. The number of aromatic amines is 1. The fourth-order valence-corrected chi connectivity index (χ4v) is 2.80. The highest BCUT2D eigenvalue weighted by molar-refractivity contribution is 9.10. The number of H-pyrrole nitrogens is 1. The van der Waals surface area contributed by atoms with Crippen molar-refractivity contribution in [2.24, 2.45) is 0 Å². The molecule has 1 N–H and O–H groups in total. The molecule has 1 aromatic carbocycles. The summed E-state index contributed by atoms with van der Waals surface area (Å²) in [5, 5.41) is 22.3. The van der Waals surface area contributed by atoms with Crippen molar-refractivity contribution in [1.29, 1.82) is 0 Å². The van der Waals surface area contributed by atoms with Crippen molar-refractivity contribution in [3.8, 4) is 5.75 Å². The molecule has 1 atom stereocenters. The van der Waals surface area contributed by atoms with Crippen LogP contribution in [0.2, 0.25) is 0 Å². The van der Waals surface area contributed by atoms with Crippen molar-refractivity contribution in [3.63, 3.8) is 0 Å². The molecule has 0 aliphatic heterocycles. The molecule has 0 bridgehead atoms. The Hall–Kier alpha value is -2.16. The monoisotopic (exact) mass is 371 g/mol. The number of rotatable bonds is 7. The first-order valence-electron chi connectivity index (χ1n) is 6.51. The van der Waals surface area contributed by atoms with Gasteiger partial charge in [0.15, 0.2) is 0 Å². The molecule has 0 amide bonds. The van der Waals surface area contributed by atoms with E-state index in [1.807, 2.05) is 6.07 Å². The van der Waals surface area contributed by atoms with Crippen LogP contribution in [0.4, 0.5) is 0 Å². The van der Waals surface area contributed by atoms with Crippen LogP contribution in [0.5, 0.6) is 5.75 Å². The second-order valence-electron chi connectivity index (χ2n) is 4.83. The van der Waals surface area contributed by atoms with Gasteiger partial charge in [0.2, 0.25) is 12.6 Å². The zero-order chi connectivity index (χ0) is 16.3. The average Bonchev–Trinajstić information content (AvgIpc) is 2.83. The van der Waals surface area contributed by atoms with Gasteiger partial charge in [-0.1, -0.05) is 0 Å². The van der Waals surface area contributed by atoms with Crippen LogP contribution in [-0.2, 0) is 6.42 Å². The molecule has 0 saturated carbocycles. The van der Waals surface area contributed by atoms with Gasteiger partial charge in [-0.3, -0.25) is 20.2 Å². The van der Waals surface area contributed by atoms with E-state index in [1.54, 1.807) is 12.3 Å². The van der Waals surface area contributed by atoms with Gasteiger partial charge in [-0.25, -0.2) is 0 Å². The molecule has 22 heavy (non-hydrogen) atoms. The number of hydrogen-bond donors (Lipinski definition) is 1. The zero-order valence-electron chi connectivity index (χ0n) is 11.7. The van der Waals surface area contributed by atoms with E-state index in [0.717, 1.165) is 20.9 Å². The van der Waals surface area contributed by atoms with Crippen molar-refractivity contribution in [2.75, 3.05) is 13.7 Å². The predicted molar refractivity (Wildman–Crippen MR) is 83.5 cm³/mol. The van der Waals surface area contributed by atoms with E-state index in [0.29, 0.717) is 5.75 Å². The minimum Gasteiger partial charge on any atom is -0.496 e. The smallest absolute Gasteiger partial charge is 0.223 e. The van der Waals surface area contributed by atoms with Crippen molar-refractivity contribution in [3.05, 3.63) is 48.6 Å². The number of benzene rings is 1. The quantitative estimate of drug-likeness (QED) is 0.593. The van der Waals surface area contributed by atoms with E-state index >= 15 is 0 Å². The number of nitrogens with zero attached hydrogens (tertiary/aromatic N) is 2. The summed E-state index contributed by atoms with van der Waals surface area (Å²) in [4.78, 5) is 23.6. The number of halogens is 1. The summed E-state index contributed by atoms with van der Waals surface area (Å²) in [5.41, 5.74) is 1.56. The summed E-state index contributed by atoms with van der Waals surface area (Å²) >= 11 is 3.37. The predicted octanol–water partition coefficient (Wildman–Crippen LogP) is 2.79. The molecule has 1 unspecified atom stereocenters. The molecule has 9 heteroatoms. The first kappa shape index (κ1) is 16.2. The number of nitrogens with one attached hydrogen (secondary N) is 1. The molecular formula is C13H14BrN3O5. The Morgan fingerprint density at radius 2 is 2.09 bits per heavy atom. The highest BCUT2D eigenvalue weighted by Crippen LogP contribution is 2.32. The van der Waals surface area contributed by atoms with E-state index in [4.69, 9.17) is 4.74 Å². The van der Waals surface area contributed by atoms with Crippen LogP contribution in [0.25, 0.3) is 10.9 Å². The van der Waals surface area contributed by atoms with Gasteiger partial charge in [-0.05, 0) is 33.6 Å². The first-order chi connectivity index (χ1) is 10.4. The summed E-state index contributed by atoms with van der Waals surface area (Å²) in [5.74, 6) is 0.622. The summed E-state index contributed by atoms with van der Waals surface area (Å²) in [6.45, 7) is -0.414. The zero-order valence-corrected chi connectivity index (χ0v) is 13.3. The standard InChI is InChI=1S/C13H14BrN3O5/c1-22-13-5-10-8(7-15-12(10)6-11(13)14)4-9(17(20)21)2-3-16(18)19/h5-7,9,15H,2-4H2,1H3. The van der Waals surface area contributed by atoms with Crippen molar-refractivity contribution in [1.82, 2.24) is 4.98 Å². The molecule has 0 fully saturated rings. The van der Waals surface area contributed by atoms with Gasteiger partial charge in [0.05, 0.1) is 18.0 Å². The molecule has 8 nitrogen and oxygen atoms in total. The molecule has 0 aliphatic carbocycles. The van der Waals surface area contributed by atoms with E-state index in [2.05, 4.69) is 20.9 Å². The maximum atomic E-state index is 11.1. The molecular weight excluding hydrogens is 358 g/mol. The molecule has 0 saturated heterocycles. The number of fused-ring (bicyclic) bond motifs is 1. The molecule has 2 aromatic rings. The number of nitro groups is 2. The SMILES string of the molecule is COc1cc2c(CC(CC[N+](=O)[O-])[N+](=O)[O-])c[nH]c2cc1Br. The fraction of sp³-hybridized carbons (Fsp3) is 0.385. The Bertz CT molecular complexity index is 715. The van der Waals surface area contributed by atoms with Crippen LogP contribution in [0.3, 0.4) is 0 Å². The number of aromatic nitrogens is 1. The Morgan fingerprint density at radius 1 is 1.36 bits per heavy atom. The summed E-state index contributed by atoms with van der Waals surface area (Å²) in [7, 11) is 1.54. The lowest BCUT2D eigenvalue weighted by atomic mass is 10.0. The van der Waals surface area contributed by atoms with E-state index in [-0.39, 0.29) is 12.8 Å². The Morgan fingerprint density at radius 3 is 2.68 bits per heavy atom. The molecule has 0 spiro atoms. The molecule has 118 valence electrons. The lowest BCUT2D eigenvalue weighted by molar-refractivity contribution is -0.541. The van der Waals surface area contributed by atoms with Crippen LogP contribution < -0.4 is 4.74 Å². The van der Waals surface area contributed by atoms with Crippen molar-refractivity contribution in [2.45, 2.75) is 18.9 Å². The van der Waals surface area contributed by atoms with Crippen molar-refractivity contribution < 1.29 is 14.6 Å². The van der Waals surface area contributed by atoms with Crippen molar-refractivity contribution >= 4 is 26.8 Å². The third-order valence-corrected chi connectivity index (χ3v) is 4.06. The van der Waals surface area contributed by atoms with Crippen LogP contribution >= 0.6 is 15.9 Å². The highest BCUT2D eigenvalue weighted by atomic mass is 79.9. The fourth-order valence-electron chi connectivity index (χ4n) is 2.30. The maximum absolute atomic E-state index is 11.1. The molecule has 2 rings (SSSR count). The minimum atomic E-state index is -0.987. The topological polar surface area (TPSA) is 111 Å². The van der Waals surface area contributed by atoms with Gasteiger partial charge < -0.3 is 9.72 Å². The van der Waals surface area contributed by atoms with Crippen LogP contribution in [0.15, 0.2) is 22.8 Å². The maximum Gasteiger partial charge on any atom is 0.223 e. The van der Waals surface area contributed by atoms with E-state index in [1.165, 1.54) is 7.11 Å². The van der Waals surface area contributed by atoms with Crippen LogP contribution in [0.1, 0.15) is 12.0 Å². The summed E-state index contributed by atoms with van der Waals surface area (Å²) < 4.78 is 6.00. The normalized spacial score (nSPS) is 12.3. The number of hydrogen-bond acceptors (Lipinski definition) is 5. The lowest BCUT2D eigenvalue weighted by Crippen LogP contribution is -2.25. The van der Waals surface area contributed by atoms with Crippen LogP contribution in [-0.4, -0.2) is 34.5 Å². The van der Waals surface area contributed by atoms with Gasteiger partial charge >= 0.3 is 0 Å². The Labute approximate surface area is 133 Å². The lowest BCUT2D eigenvalue weighted by Gasteiger charge is -2.08. The molecule has 1 aromatic heterocycles. The van der Waals surface area contributed by atoms with Gasteiger partial charge in [0.25, 0.3) is 0 Å². The molecule has 0 radical (unpaired) electrons. The number of ether oxygens (including phenoxy) is 1. The van der Waals surface area contributed by atoms with E-state index in [9.17, 15) is 20.2 Å². The minimum absolute atomic E-state index is 0.0969. The first-order valence-corrected chi connectivity index (χ1v) is 7.30. The Balaban J connectivity index is 2.29. The number of methoxy groups -OCH3 is 1.